The van der Waals surface area contributed by atoms with E-state index in [1.807, 2.05) is 0 Å². The van der Waals surface area contributed by atoms with Gasteiger partial charge in [-0.1, -0.05) is 0 Å². The third-order valence-electron chi connectivity index (χ3n) is 3.60. The summed E-state index contributed by atoms with van der Waals surface area (Å²) in [6.45, 7) is 2.96. The van der Waals surface area contributed by atoms with Crippen molar-refractivity contribution in [3.63, 3.8) is 0 Å². The molecular weight excluding hydrogens is 385 g/mol. The average Bonchev–Trinajstić information content (AvgIpc) is 3.26. The van der Waals surface area contributed by atoms with E-state index in [9.17, 15) is 23.1 Å². The highest BCUT2D eigenvalue weighted by molar-refractivity contribution is 7.10. The van der Waals surface area contributed by atoms with Crippen LogP contribution in [-0.2, 0) is 23.9 Å². The number of ketones is 1. The summed E-state index contributed by atoms with van der Waals surface area (Å²) in [5.41, 5.74) is 0.144. The maximum atomic E-state index is 12.6. The zero-order chi connectivity index (χ0) is 19.8. The fourth-order valence-corrected chi connectivity index (χ4v) is 3.13. The van der Waals surface area contributed by atoms with Gasteiger partial charge in [0, 0.05) is 11.6 Å². The molecule has 27 heavy (non-hydrogen) atoms. The van der Waals surface area contributed by atoms with Gasteiger partial charge in [-0.05, 0) is 13.8 Å². The van der Waals surface area contributed by atoms with Gasteiger partial charge >= 0.3 is 6.18 Å². The number of alkyl halides is 3. The number of Topliss-reactive ketones (excluding diaryl/α,β-unsaturated/α-hetero) is 1. The minimum Gasteiger partial charge on any atom is -0.436 e. The second kappa shape index (κ2) is 7.24. The molecule has 1 unspecified atom stereocenters. The molecule has 3 rings (SSSR count). The standard InChI is InChI=1S/C16H15F3N4O3S/c1-8-14(26-15(21-8)9(2)24)12-7-27-13(22-12)3-11(25)6-23-5-10(4-20-23)16(17,18)19/h4-5,7,9,24H,3,6H2,1-2H3. The Morgan fingerprint density at radius 2 is 2.15 bits per heavy atom. The summed E-state index contributed by atoms with van der Waals surface area (Å²) in [7, 11) is 0. The van der Waals surface area contributed by atoms with Gasteiger partial charge in [0.1, 0.15) is 16.8 Å². The van der Waals surface area contributed by atoms with Crippen LogP contribution in [0, 0.1) is 6.92 Å². The van der Waals surface area contributed by atoms with E-state index in [1.54, 1.807) is 12.3 Å². The molecule has 0 bridgehead atoms. The number of rotatable bonds is 6. The molecule has 0 saturated carbocycles. The largest absolute Gasteiger partial charge is 0.436 e. The normalized spacial score (nSPS) is 13.1. The highest BCUT2D eigenvalue weighted by Crippen LogP contribution is 2.29. The Balaban J connectivity index is 1.67. The predicted molar refractivity (Wildman–Crippen MR) is 88.9 cm³/mol. The van der Waals surface area contributed by atoms with Crippen LogP contribution < -0.4 is 0 Å². The number of carbonyl (C=O) groups excluding carboxylic acids is 1. The third kappa shape index (κ3) is 4.42. The smallest absolute Gasteiger partial charge is 0.419 e. The van der Waals surface area contributed by atoms with Gasteiger partial charge in [0.15, 0.2) is 11.5 Å². The Hall–Kier alpha value is -2.53. The monoisotopic (exact) mass is 400 g/mol. The van der Waals surface area contributed by atoms with Gasteiger partial charge in [0.05, 0.1) is 30.4 Å². The first-order valence-electron chi connectivity index (χ1n) is 7.85. The molecule has 0 radical (unpaired) electrons. The lowest BCUT2D eigenvalue weighted by atomic mass is 10.3. The number of nitrogens with zero attached hydrogens (tertiary/aromatic N) is 4. The minimum atomic E-state index is -4.49. The second-order valence-electron chi connectivity index (χ2n) is 5.91. The van der Waals surface area contributed by atoms with Crippen molar-refractivity contribution in [2.75, 3.05) is 0 Å². The highest BCUT2D eigenvalue weighted by Gasteiger charge is 2.32. The first-order chi connectivity index (χ1) is 12.6. The molecule has 7 nitrogen and oxygen atoms in total. The second-order valence-corrected chi connectivity index (χ2v) is 6.85. The lowest BCUT2D eigenvalue weighted by Gasteiger charge is -2.01. The van der Waals surface area contributed by atoms with Crippen LogP contribution >= 0.6 is 11.3 Å². The van der Waals surface area contributed by atoms with Crippen LogP contribution in [-0.4, -0.2) is 30.6 Å². The van der Waals surface area contributed by atoms with Crippen molar-refractivity contribution in [1.29, 1.82) is 0 Å². The Labute approximate surface area is 155 Å². The van der Waals surface area contributed by atoms with Crippen molar-refractivity contribution in [3.05, 3.63) is 39.9 Å². The van der Waals surface area contributed by atoms with Crippen molar-refractivity contribution in [1.82, 2.24) is 19.7 Å². The fourth-order valence-electron chi connectivity index (χ4n) is 2.33. The van der Waals surface area contributed by atoms with Gasteiger partial charge < -0.3 is 9.52 Å². The summed E-state index contributed by atoms with van der Waals surface area (Å²) in [5.74, 6) is 0.252. The average molecular weight is 400 g/mol. The quantitative estimate of drug-likeness (QED) is 0.683. The lowest BCUT2D eigenvalue weighted by molar-refractivity contribution is -0.137. The van der Waals surface area contributed by atoms with Crippen LogP contribution in [0.25, 0.3) is 11.5 Å². The van der Waals surface area contributed by atoms with Gasteiger partial charge in [-0.2, -0.15) is 18.3 Å². The van der Waals surface area contributed by atoms with Crippen molar-refractivity contribution in [2.45, 2.75) is 39.1 Å². The summed E-state index contributed by atoms with van der Waals surface area (Å²) in [4.78, 5) is 20.5. The Morgan fingerprint density at radius 1 is 1.41 bits per heavy atom. The summed E-state index contributed by atoms with van der Waals surface area (Å²) < 4.78 is 44.1. The predicted octanol–water partition coefficient (Wildman–Crippen LogP) is 3.19. The number of hydrogen-bond acceptors (Lipinski definition) is 7. The summed E-state index contributed by atoms with van der Waals surface area (Å²) in [5, 5.41) is 15.3. The molecule has 0 saturated heterocycles. The van der Waals surface area contributed by atoms with Crippen LogP contribution in [0.1, 0.15) is 35.2 Å². The number of thiazole rings is 1. The van der Waals surface area contributed by atoms with E-state index in [2.05, 4.69) is 15.1 Å². The summed E-state index contributed by atoms with van der Waals surface area (Å²) in [6.07, 6.45) is -3.91. The van der Waals surface area contributed by atoms with Crippen LogP contribution in [0.3, 0.4) is 0 Å². The van der Waals surface area contributed by atoms with Crippen molar-refractivity contribution in [2.24, 2.45) is 0 Å². The zero-order valence-electron chi connectivity index (χ0n) is 14.3. The van der Waals surface area contributed by atoms with Crippen LogP contribution in [0.15, 0.2) is 22.2 Å². The molecule has 0 spiro atoms. The molecule has 3 heterocycles. The lowest BCUT2D eigenvalue weighted by Crippen LogP contribution is -2.13. The van der Waals surface area contributed by atoms with E-state index in [0.29, 0.717) is 28.4 Å². The van der Waals surface area contributed by atoms with Gasteiger partial charge in [0.2, 0.25) is 5.89 Å². The number of aromatic nitrogens is 4. The zero-order valence-corrected chi connectivity index (χ0v) is 15.1. The number of aliphatic hydroxyl groups is 1. The van der Waals surface area contributed by atoms with Crippen molar-refractivity contribution < 1.29 is 27.5 Å². The third-order valence-corrected chi connectivity index (χ3v) is 4.45. The minimum absolute atomic E-state index is 0.0394. The Bertz CT molecular complexity index is 958. The summed E-state index contributed by atoms with van der Waals surface area (Å²) >= 11 is 1.23. The van der Waals surface area contributed by atoms with E-state index < -0.39 is 17.8 Å². The van der Waals surface area contributed by atoms with Crippen LogP contribution in [0.2, 0.25) is 0 Å². The number of hydrogen-bond donors (Lipinski definition) is 1. The maximum Gasteiger partial charge on any atom is 0.419 e. The van der Waals surface area contributed by atoms with E-state index in [0.717, 1.165) is 10.9 Å². The van der Waals surface area contributed by atoms with Gasteiger partial charge in [-0.15, -0.1) is 11.3 Å². The molecule has 3 aromatic rings. The molecular formula is C16H15F3N4O3S. The Morgan fingerprint density at radius 3 is 2.74 bits per heavy atom. The molecule has 11 heteroatoms. The van der Waals surface area contributed by atoms with E-state index in [4.69, 9.17) is 4.42 Å². The fraction of sp³-hybridized carbons (Fsp3) is 0.375. The molecule has 144 valence electrons. The van der Waals surface area contributed by atoms with Crippen LogP contribution in [0.5, 0.6) is 0 Å². The topological polar surface area (TPSA) is 94.0 Å². The van der Waals surface area contributed by atoms with E-state index >= 15 is 0 Å². The van der Waals surface area contributed by atoms with Gasteiger partial charge in [-0.25, -0.2) is 9.97 Å². The molecule has 0 aliphatic rings. The van der Waals surface area contributed by atoms with Crippen molar-refractivity contribution in [3.8, 4) is 11.5 Å². The molecule has 0 fully saturated rings. The number of aryl methyl sites for hydroxylation is 1. The maximum absolute atomic E-state index is 12.6. The van der Waals surface area contributed by atoms with Crippen LogP contribution in [0.4, 0.5) is 13.2 Å². The molecule has 0 aliphatic heterocycles. The molecule has 0 aromatic carbocycles. The van der Waals surface area contributed by atoms with Gasteiger partial charge in [-0.3, -0.25) is 9.48 Å². The van der Waals surface area contributed by atoms with E-state index in [-0.39, 0.29) is 24.6 Å². The number of halogens is 3. The molecule has 0 amide bonds. The number of carbonyl (C=O) groups is 1. The molecule has 1 atom stereocenters. The highest BCUT2D eigenvalue weighted by atomic mass is 32.1. The Kier molecular flexibility index (Phi) is 5.16. The number of oxazole rings is 1. The molecule has 3 aromatic heterocycles. The van der Waals surface area contributed by atoms with E-state index in [1.165, 1.54) is 18.3 Å². The molecule has 1 N–H and O–H groups in total. The molecule has 0 aliphatic carbocycles. The first-order valence-corrected chi connectivity index (χ1v) is 8.73. The summed E-state index contributed by atoms with van der Waals surface area (Å²) in [6, 6.07) is 0. The first kappa shape index (κ1) is 19.2. The van der Waals surface area contributed by atoms with Crippen molar-refractivity contribution >= 4 is 17.1 Å². The SMILES string of the molecule is Cc1nc(C(C)O)oc1-c1csc(CC(=O)Cn2cc(C(F)(F)F)cn2)n1. The van der Waals surface area contributed by atoms with Gasteiger partial charge in [0.25, 0.3) is 0 Å². The number of aliphatic hydroxyl groups excluding tert-OH is 1.